The van der Waals surface area contributed by atoms with E-state index in [4.69, 9.17) is 16.0 Å². The molecule has 2 rings (SSSR count). The number of rotatable bonds is 7. The Balaban J connectivity index is 1.99. The summed E-state index contributed by atoms with van der Waals surface area (Å²) in [7, 11) is 4.17. The molecule has 3 nitrogen and oxygen atoms in total. The molecule has 2 aromatic rings. The van der Waals surface area contributed by atoms with E-state index in [0.717, 1.165) is 29.6 Å². The summed E-state index contributed by atoms with van der Waals surface area (Å²) < 4.78 is 6.34. The second-order valence-electron chi connectivity index (χ2n) is 4.70. The van der Waals surface area contributed by atoms with Crippen LogP contribution in [0.25, 0.3) is 0 Å². The predicted molar refractivity (Wildman–Crippen MR) is 81.1 cm³/mol. The summed E-state index contributed by atoms with van der Waals surface area (Å²) in [5.74, 6) is 0.934. The Hall–Kier alpha value is -0.810. The number of thiophene rings is 1. The van der Waals surface area contributed by atoms with Crippen LogP contribution in [0.4, 0.5) is 0 Å². The van der Waals surface area contributed by atoms with Crippen molar-refractivity contribution in [2.75, 3.05) is 27.2 Å². The highest BCUT2D eigenvalue weighted by Gasteiger charge is 2.17. The SMILES string of the molecule is CN(C)CCCNC(c1ccco1)c1ccc(Cl)s1. The molecule has 0 bridgehead atoms. The number of hydrogen-bond acceptors (Lipinski definition) is 4. The Bertz CT molecular complexity index is 481. The van der Waals surface area contributed by atoms with E-state index < -0.39 is 0 Å². The molecule has 1 N–H and O–H groups in total. The van der Waals surface area contributed by atoms with Gasteiger partial charge in [0.05, 0.1) is 10.6 Å². The Kier molecular flexibility index (Phi) is 5.45. The smallest absolute Gasteiger partial charge is 0.126 e. The zero-order chi connectivity index (χ0) is 13.7. The number of halogens is 1. The van der Waals surface area contributed by atoms with E-state index in [1.54, 1.807) is 17.6 Å². The zero-order valence-electron chi connectivity index (χ0n) is 11.2. The Morgan fingerprint density at radius 1 is 1.37 bits per heavy atom. The van der Waals surface area contributed by atoms with Crippen molar-refractivity contribution in [3.05, 3.63) is 45.5 Å². The van der Waals surface area contributed by atoms with Crippen LogP contribution < -0.4 is 5.32 Å². The number of nitrogens with zero attached hydrogens (tertiary/aromatic N) is 1. The molecule has 0 fully saturated rings. The monoisotopic (exact) mass is 298 g/mol. The first-order chi connectivity index (χ1) is 9.16. The van der Waals surface area contributed by atoms with Crippen molar-refractivity contribution in [2.45, 2.75) is 12.5 Å². The van der Waals surface area contributed by atoms with Crippen molar-refractivity contribution in [3.63, 3.8) is 0 Å². The van der Waals surface area contributed by atoms with Gasteiger partial charge >= 0.3 is 0 Å². The summed E-state index contributed by atoms with van der Waals surface area (Å²) in [5.41, 5.74) is 0. The van der Waals surface area contributed by atoms with Gasteiger partial charge in [0.2, 0.25) is 0 Å². The lowest BCUT2D eigenvalue weighted by Gasteiger charge is -2.16. The van der Waals surface area contributed by atoms with Gasteiger partial charge in [-0.25, -0.2) is 0 Å². The van der Waals surface area contributed by atoms with E-state index in [2.05, 4.69) is 30.4 Å². The lowest BCUT2D eigenvalue weighted by molar-refractivity contribution is 0.383. The highest BCUT2D eigenvalue weighted by Crippen LogP contribution is 2.31. The van der Waals surface area contributed by atoms with Gasteiger partial charge in [-0.15, -0.1) is 11.3 Å². The van der Waals surface area contributed by atoms with Crippen molar-refractivity contribution >= 4 is 22.9 Å². The Labute approximate surface area is 123 Å². The maximum absolute atomic E-state index is 6.02. The third kappa shape index (κ3) is 4.35. The summed E-state index contributed by atoms with van der Waals surface area (Å²) in [4.78, 5) is 3.37. The van der Waals surface area contributed by atoms with E-state index >= 15 is 0 Å². The van der Waals surface area contributed by atoms with Crippen molar-refractivity contribution in [2.24, 2.45) is 0 Å². The van der Waals surface area contributed by atoms with Gasteiger partial charge in [-0.1, -0.05) is 11.6 Å². The van der Waals surface area contributed by atoms with Crippen LogP contribution in [-0.4, -0.2) is 32.1 Å². The van der Waals surface area contributed by atoms with Gasteiger partial charge in [-0.3, -0.25) is 0 Å². The quantitative estimate of drug-likeness (QED) is 0.791. The fourth-order valence-corrected chi connectivity index (χ4v) is 3.07. The van der Waals surface area contributed by atoms with Gasteiger partial charge in [0, 0.05) is 4.88 Å². The second-order valence-corrected chi connectivity index (χ2v) is 6.45. The molecule has 0 spiro atoms. The molecular weight excluding hydrogens is 280 g/mol. The van der Waals surface area contributed by atoms with Gasteiger partial charge in [-0.05, 0) is 57.9 Å². The highest BCUT2D eigenvalue weighted by atomic mass is 35.5. The molecule has 0 saturated carbocycles. The summed E-state index contributed by atoms with van der Waals surface area (Å²) in [5, 5.41) is 3.54. The average molecular weight is 299 g/mol. The van der Waals surface area contributed by atoms with Gasteiger partial charge in [-0.2, -0.15) is 0 Å². The third-order valence-electron chi connectivity index (χ3n) is 2.84. The average Bonchev–Trinajstić information content (AvgIpc) is 3.00. The summed E-state index contributed by atoms with van der Waals surface area (Å²) in [6.07, 6.45) is 2.81. The first kappa shape index (κ1) is 14.6. The molecule has 0 aliphatic rings. The third-order valence-corrected chi connectivity index (χ3v) is 4.13. The van der Waals surface area contributed by atoms with Crippen LogP contribution >= 0.6 is 22.9 Å². The summed E-state index contributed by atoms with van der Waals surface area (Å²) >= 11 is 7.61. The highest BCUT2D eigenvalue weighted by molar-refractivity contribution is 7.16. The van der Waals surface area contributed by atoms with Crippen LogP contribution in [0.2, 0.25) is 4.34 Å². The van der Waals surface area contributed by atoms with E-state index in [-0.39, 0.29) is 6.04 Å². The molecule has 0 saturated heterocycles. The molecule has 0 aliphatic heterocycles. The van der Waals surface area contributed by atoms with Gasteiger partial charge in [0.1, 0.15) is 11.8 Å². The van der Waals surface area contributed by atoms with Crippen LogP contribution in [0.15, 0.2) is 34.9 Å². The molecule has 0 radical (unpaired) electrons. The molecule has 0 amide bonds. The molecule has 0 aromatic carbocycles. The molecule has 0 aliphatic carbocycles. The molecule has 104 valence electrons. The van der Waals surface area contributed by atoms with Crippen LogP contribution in [0.1, 0.15) is 23.1 Å². The topological polar surface area (TPSA) is 28.4 Å². The van der Waals surface area contributed by atoms with Crippen LogP contribution in [-0.2, 0) is 0 Å². The van der Waals surface area contributed by atoms with Gasteiger partial charge < -0.3 is 14.6 Å². The lowest BCUT2D eigenvalue weighted by Crippen LogP contribution is -2.25. The van der Waals surface area contributed by atoms with E-state index in [1.807, 2.05) is 18.2 Å². The van der Waals surface area contributed by atoms with Gasteiger partial charge in [0.15, 0.2) is 0 Å². The maximum Gasteiger partial charge on any atom is 0.126 e. The summed E-state index contributed by atoms with van der Waals surface area (Å²) in [6, 6.07) is 7.99. The number of nitrogens with one attached hydrogen (secondary N) is 1. The van der Waals surface area contributed by atoms with E-state index in [9.17, 15) is 0 Å². The minimum absolute atomic E-state index is 0.0923. The first-order valence-corrected chi connectivity index (χ1v) is 7.53. The lowest BCUT2D eigenvalue weighted by atomic mass is 10.2. The minimum Gasteiger partial charge on any atom is -0.467 e. The molecule has 19 heavy (non-hydrogen) atoms. The normalized spacial score (nSPS) is 13.1. The molecule has 1 unspecified atom stereocenters. The maximum atomic E-state index is 6.02. The Morgan fingerprint density at radius 3 is 2.79 bits per heavy atom. The molecule has 5 heteroatoms. The second kappa shape index (κ2) is 7.10. The van der Waals surface area contributed by atoms with E-state index in [0.29, 0.717) is 0 Å². The number of hydrogen-bond donors (Lipinski definition) is 1. The zero-order valence-corrected chi connectivity index (χ0v) is 12.8. The fourth-order valence-electron chi connectivity index (χ4n) is 1.92. The Morgan fingerprint density at radius 2 is 2.21 bits per heavy atom. The van der Waals surface area contributed by atoms with Crippen LogP contribution in [0.5, 0.6) is 0 Å². The van der Waals surface area contributed by atoms with Crippen molar-refractivity contribution in [3.8, 4) is 0 Å². The standard InChI is InChI=1S/C14H19ClN2OS/c1-17(2)9-4-8-16-14(11-5-3-10-18-11)12-6-7-13(15)19-12/h3,5-7,10,14,16H,4,8-9H2,1-2H3. The first-order valence-electron chi connectivity index (χ1n) is 6.33. The summed E-state index contributed by atoms with van der Waals surface area (Å²) in [6.45, 7) is 2.02. The van der Waals surface area contributed by atoms with Gasteiger partial charge in [0.25, 0.3) is 0 Å². The molecule has 2 heterocycles. The largest absolute Gasteiger partial charge is 0.467 e. The number of furan rings is 1. The van der Waals surface area contributed by atoms with E-state index in [1.165, 1.54) is 4.88 Å². The molecule has 1 atom stereocenters. The fraction of sp³-hybridized carbons (Fsp3) is 0.429. The predicted octanol–water partition coefficient (Wildman–Crippen LogP) is 3.63. The molecular formula is C14H19ClN2OS. The minimum atomic E-state index is 0.0923. The van der Waals surface area contributed by atoms with Crippen molar-refractivity contribution in [1.29, 1.82) is 0 Å². The van der Waals surface area contributed by atoms with Crippen LogP contribution in [0.3, 0.4) is 0 Å². The van der Waals surface area contributed by atoms with Crippen LogP contribution in [0, 0.1) is 0 Å². The molecule has 2 aromatic heterocycles. The van der Waals surface area contributed by atoms with Crippen molar-refractivity contribution < 1.29 is 4.42 Å². The van der Waals surface area contributed by atoms with Crippen molar-refractivity contribution in [1.82, 2.24) is 10.2 Å².